The average molecular weight is 310 g/mol. The summed E-state index contributed by atoms with van der Waals surface area (Å²) in [5, 5.41) is 14.2. The highest BCUT2D eigenvalue weighted by molar-refractivity contribution is 5.74. The first-order valence-corrected chi connectivity index (χ1v) is 7.54. The third kappa shape index (κ3) is 3.31. The van der Waals surface area contributed by atoms with Gasteiger partial charge in [0.25, 0.3) is 5.69 Å². The first kappa shape index (κ1) is 15.0. The highest BCUT2D eigenvalue weighted by Gasteiger charge is 2.12. The number of anilines is 1. The third-order valence-electron chi connectivity index (χ3n) is 3.77. The second-order valence-electron chi connectivity index (χ2n) is 5.48. The van der Waals surface area contributed by atoms with E-state index in [-0.39, 0.29) is 10.6 Å². The van der Waals surface area contributed by atoms with Gasteiger partial charge >= 0.3 is 0 Å². The van der Waals surface area contributed by atoms with Crippen LogP contribution in [0.25, 0.3) is 11.0 Å². The summed E-state index contributed by atoms with van der Waals surface area (Å²) in [6, 6.07) is 13.2. The SMILES string of the molecule is Cc1ccc(NCCCn2cnc3ccccc32)c([N+](=O)[O-])c1. The molecular formula is C17H18N4O2. The Hall–Kier alpha value is -2.89. The molecular weight excluding hydrogens is 292 g/mol. The molecule has 0 saturated heterocycles. The summed E-state index contributed by atoms with van der Waals surface area (Å²) in [5.41, 5.74) is 3.66. The Bertz CT molecular complexity index is 841. The first-order chi connectivity index (χ1) is 11.1. The number of nitrogens with one attached hydrogen (secondary N) is 1. The summed E-state index contributed by atoms with van der Waals surface area (Å²) in [6.07, 6.45) is 2.68. The van der Waals surface area contributed by atoms with Gasteiger partial charge in [0.1, 0.15) is 5.69 Å². The molecule has 6 heteroatoms. The minimum atomic E-state index is -0.349. The molecule has 0 aliphatic rings. The molecule has 0 saturated carbocycles. The Labute approximate surface area is 133 Å². The second-order valence-corrected chi connectivity index (χ2v) is 5.48. The van der Waals surface area contributed by atoms with Crippen LogP contribution < -0.4 is 5.32 Å². The summed E-state index contributed by atoms with van der Waals surface area (Å²) in [6.45, 7) is 3.32. The Balaban J connectivity index is 1.61. The smallest absolute Gasteiger partial charge is 0.292 e. The fraction of sp³-hybridized carbons (Fsp3) is 0.235. The number of nitro groups is 1. The van der Waals surface area contributed by atoms with E-state index in [1.54, 1.807) is 12.1 Å². The van der Waals surface area contributed by atoms with Gasteiger partial charge in [0, 0.05) is 19.2 Å². The van der Waals surface area contributed by atoms with Crippen molar-refractivity contribution in [2.45, 2.75) is 19.9 Å². The molecule has 0 radical (unpaired) electrons. The lowest BCUT2D eigenvalue weighted by Gasteiger charge is -2.08. The fourth-order valence-electron chi connectivity index (χ4n) is 2.60. The predicted molar refractivity (Wildman–Crippen MR) is 90.7 cm³/mol. The minimum absolute atomic E-state index is 0.123. The molecule has 0 aliphatic carbocycles. The highest BCUT2D eigenvalue weighted by atomic mass is 16.6. The minimum Gasteiger partial charge on any atom is -0.379 e. The van der Waals surface area contributed by atoms with Crippen molar-refractivity contribution in [2.75, 3.05) is 11.9 Å². The van der Waals surface area contributed by atoms with Gasteiger partial charge in [-0.25, -0.2) is 4.98 Å². The molecule has 23 heavy (non-hydrogen) atoms. The van der Waals surface area contributed by atoms with Crippen LogP contribution in [0.15, 0.2) is 48.8 Å². The number of rotatable bonds is 6. The number of imidazole rings is 1. The maximum Gasteiger partial charge on any atom is 0.292 e. The fourth-order valence-corrected chi connectivity index (χ4v) is 2.60. The second kappa shape index (κ2) is 6.48. The largest absolute Gasteiger partial charge is 0.379 e. The van der Waals surface area contributed by atoms with Crippen LogP contribution in [-0.2, 0) is 6.54 Å². The van der Waals surface area contributed by atoms with E-state index in [0.717, 1.165) is 29.6 Å². The van der Waals surface area contributed by atoms with E-state index in [1.165, 1.54) is 0 Å². The number of hydrogen-bond acceptors (Lipinski definition) is 4. The molecule has 0 fully saturated rings. The first-order valence-electron chi connectivity index (χ1n) is 7.54. The topological polar surface area (TPSA) is 73.0 Å². The van der Waals surface area contributed by atoms with E-state index in [1.807, 2.05) is 43.6 Å². The number of fused-ring (bicyclic) bond motifs is 1. The average Bonchev–Trinajstić information content (AvgIpc) is 2.96. The van der Waals surface area contributed by atoms with Gasteiger partial charge in [-0.05, 0) is 37.1 Å². The lowest BCUT2D eigenvalue weighted by molar-refractivity contribution is -0.384. The Kier molecular flexibility index (Phi) is 4.23. The van der Waals surface area contributed by atoms with E-state index >= 15 is 0 Å². The lowest BCUT2D eigenvalue weighted by atomic mass is 10.2. The summed E-state index contributed by atoms with van der Waals surface area (Å²) in [5.74, 6) is 0. The monoisotopic (exact) mass is 310 g/mol. The molecule has 0 aliphatic heterocycles. The number of aryl methyl sites for hydroxylation is 2. The Morgan fingerprint density at radius 1 is 1.26 bits per heavy atom. The quantitative estimate of drug-likeness (QED) is 0.427. The summed E-state index contributed by atoms with van der Waals surface area (Å²) < 4.78 is 2.10. The number of nitrogens with zero attached hydrogens (tertiary/aromatic N) is 3. The number of para-hydroxylation sites is 2. The molecule has 6 nitrogen and oxygen atoms in total. The van der Waals surface area contributed by atoms with Crippen LogP contribution in [0.3, 0.4) is 0 Å². The number of hydrogen-bond donors (Lipinski definition) is 1. The molecule has 3 aromatic rings. The van der Waals surface area contributed by atoms with Crippen LogP contribution in [0.5, 0.6) is 0 Å². The van der Waals surface area contributed by atoms with Crippen molar-refractivity contribution < 1.29 is 4.92 Å². The van der Waals surface area contributed by atoms with E-state index < -0.39 is 0 Å². The maximum atomic E-state index is 11.1. The zero-order valence-corrected chi connectivity index (χ0v) is 12.9. The number of nitro benzene ring substituents is 1. The van der Waals surface area contributed by atoms with Gasteiger partial charge in [0.05, 0.1) is 22.3 Å². The van der Waals surface area contributed by atoms with Gasteiger partial charge in [0.2, 0.25) is 0 Å². The molecule has 0 atom stereocenters. The van der Waals surface area contributed by atoms with Crippen molar-refractivity contribution in [3.63, 3.8) is 0 Å². The van der Waals surface area contributed by atoms with Crippen molar-refractivity contribution in [2.24, 2.45) is 0 Å². The molecule has 1 N–H and O–H groups in total. The third-order valence-corrected chi connectivity index (χ3v) is 3.77. The van der Waals surface area contributed by atoms with Gasteiger partial charge < -0.3 is 9.88 Å². The molecule has 0 amide bonds. The van der Waals surface area contributed by atoms with Crippen LogP contribution in [-0.4, -0.2) is 21.0 Å². The molecule has 1 heterocycles. The zero-order chi connectivity index (χ0) is 16.2. The van der Waals surface area contributed by atoms with Crippen molar-refractivity contribution in [1.82, 2.24) is 9.55 Å². The predicted octanol–water partition coefficient (Wildman–Crippen LogP) is 3.76. The summed E-state index contributed by atoms with van der Waals surface area (Å²) in [7, 11) is 0. The Morgan fingerprint density at radius 3 is 2.91 bits per heavy atom. The zero-order valence-electron chi connectivity index (χ0n) is 12.9. The molecule has 0 unspecified atom stereocenters. The maximum absolute atomic E-state index is 11.1. The molecule has 2 aromatic carbocycles. The van der Waals surface area contributed by atoms with Crippen LogP contribution in [0.4, 0.5) is 11.4 Å². The van der Waals surface area contributed by atoms with Crippen LogP contribution in [0, 0.1) is 17.0 Å². The lowest BCUT2D eigenvalue weighted by Crippen LogP contribution is -2.07. The van der Waals surface area contributed by atoms with Crippen LogP contribution in [0.1, 0.15) is 12.0 Å². The van der Waals surface area contributed by atoms with E-state index in [4.69, 9.17) is 0 Å². The van der Waals surface area contributed by atoms with Crippen molar-refractivity contribution in [1.29, 1.82) is 0 Å². The molecule has 0 bridgehead atoms. The van der Waals surface area contributed by atoms with Gasteiger partial charge in [-0.3, -0.25) is 10.1 Å². The summed E-state index contributed by atoms with van der Waals surface area (Å²) in [4.78, 5) is 15.1. The van der Waals surface area contributed by atoms with Crippen molar-refractivity contribution in [3.8, 4) is 0 Å². The van der Waals surface area contributed by atoms with Gasteiger partial charge in [-0.15, -0.1) is 0 Å². The molecule has 1 aromatic heterocycles. The van der Waals surface area contributed by atoms with Crippen LogP contribution in [0.2, 0.25) is 0 Å². The molecule has 0 spiro atoms. The molecule has 3 rings (SSSR count). The number of benzene rings is 2. The van der Waals surface area contributed by atoms with E-state index in [9.17, 15) is 10.1 Å². The Morgan fingerprint density at radius 2 is 2.09 bits per heavy atom. The highest BCUT2D eigenvalue weighted by Crippen LogP contribution is 2.25. The molecule has 118 valence electrons. The number of aromatic nitrogens is 2. The van der Waals surface area contributed by atoms with Gasteiger partial charge in [-0.1, -0.05) is 18.2 Å². The van der Waals surface area contributed by atoms with E-state index in [0.29, 0.717) is 12.2 Å². The van der Waals surface area contributed by atoms with Gasteiger partial charge in [-0.2, -0.15) is 0 Å². The van der Waals surface area contributed by atoms with Crippen molar-refractivity contribution >= 4 is 22.4 Å². The normalized spacial score (nSPS) is 10.8. The van der Waals surface area contributed by atoms with Gasteiger partial charge in [0.15, 0.2) is 0 Å². The van der Waals surface area contributed by atoms with Crippen molar-refractivity contribution in [3.05, 3.63) is 64.5 Å². The van der Waals surface area contributed by atoms with E-state index in [2.05, 4.69) is 14.9 Å². The van der Waals surface area contributed by atoms with Crippen LogP contribution >= 0.6 is 0 Å². The summed E-state index contributed by atoms with van der Waals surface area (Å²) >= 11 is 0. The standard InChI is InChI=1S/C17H18N4O2/c1-13-7-8-15(17(11-13)21(22)23)18-9-4-10-20-12-19-14-5-2-3-6-16(14)20/h2-3,5-8,11-12,18H,4,9-10H2,1H3.